The molecular weight excluding hydrogens is 801 g/mol. The molecule has 8 aromatic carbocycles. The monoisotopic (exact) mass is 840 g/mol. The zero-order chi connectivity index (χ0) is 43.2. The lowest BCUT2D eigenvalue weighted by Crippen LogP contribution is -2.39. The van der Waals surface area contributed by atoms with Crippen LogP contribution in [0.15, 0.2) is 176 Å². The van der Waals surface area contributed by atoms with Gasteiger partial charge in [0, 0.05) is 45.3 Å². The molecule has 66 heavy (non-hydrogen) atoms. The van der Waals surface area contributed by atoms with Crippen molar-refractivity contribution in [2.45, 2.75) is 31.6 Å². The molecule has 0 bridgehead atoms. The smallest absolute Gasteiger partial charge is 0.0969 e. The molecule has 3 unspecified atom stereocenters. The van der Waals surface area contributed by atoms with Crippen molar-refractivity contribution in [3.8, 4) is 5.69 Å². The van der Waals surface area contributed by atoms with Gasteiger partial charge in [0.2, 0.25) is 0 Å². The molecule has 0 saturated carbocycles. The Hall–Kier alpha value is -8.08. The van der Waals surface area contributed by atoms with Crippen LogP contribution in [0.25, 0.3) is 121 Å². The molecule has 0 radical (unpaired) electrons. The van der Waals surface area contributed by atoms with Crippen LogP contribution >= 0.6 is 0 Å². The largest absolute Gasteiger partial charge is 0.307 e. The molecule has 3 atom stereocenters. The molecule has 308 valence electrons. The highest BCUT2D eigenvalue weighted by Crippen LogP contribution is 2.56. The van der Waals surface area contributed by atoms with Crippen molar-refractivity contribution in [2.24, 2.45) is 5.92 Å². The van der Waals surface area contributed by atoms with E-state index >= 15 is 0 Å². The zero-order valence-corrected chi connectivity index (χ0v) is 36.5. The molecule has 0 saturated heterocycles. The lowest BCUT2D eigenvalue weighted by atomic mass is 9.58. The fourth-order valence-electron chi connectivity index (χ4n) is 13.6. The number of pyridine rings is 2. The van der Waals surface area contributed by atoms with Gasteiger partial charge in [-0.1, -0.05) is 147 Å². The van der Waals surface area contributed by atoms with Crippen molar-refractivity contribution in [1.82, 2.24) is 19.1 Å². The third-order valence-corrected chi connectivity index (χ3v) is 16.3. The van der Waals surface area contributed by atoms with E-state index in [2.05, 4.69) is 193 Å². The van der Waals surface area contributed by atoms with Gasteiger partial charge in [-0.2, -0.15) is 0 Å². The molecule has 4 nitrogen and oxygen atoms in total. The number of rotatable bonds is 2. The molecule has 12 aromatic rings. The van der Waals surface area contributed by atoms with Gasteiger partial charge in [0.1, 0.15) is 0 Å². The quantitative estimate of drug-likeness (QED) is 0.163. The Morgan fingerprint density at radius 1 is 0.515 bits per heavy atom. The summed E-state index contributed by atoms with van der Waals surface area (Å²) in [6, 6.07) is 50.0. The van der Waals surface area contributed by atoms with Gasteiger partial charge in [-0.25, -0.2) is 0 Å². The first-order chi connectivity index (χ1) is 32.6. The summed E-state index contributed by atoms with van der Waals surface area (Å²) < 4.78 is 5.20. The first-order valence-electron chi connectivity index (χ1n) is 23.4. The van der Waals surface area contributed by atoms with Crippen molar-refractivity contribution in [1.29, 1.82) is 0 Å². The van der Waals surface area contributed by atoms with Crippen molar-refractivity contribution in [3.63, 3.8) is 0 Å². The Morgan fingerprint density at radius 3 is 1.82 bits per heavy atom. The Balaban J connectivity index is 1.16. The van der Waals surface area contributed by atoms with Gasteiger partial charge in [-0.3, -0.25) is 9.97 Å². The second-order valence-electron chi connectivity index (χ2n) is 19.4. The lowest BCUT2D eigenvalue weighted by molar-refractivity contribution is 0.470. The highest BCUT2D eigenvalue weighted by Gasteiger charge is 2.46. The molecule has 16 rings (SSSR count). The van der Waals surface area contributed by atoms with Gasteiger partial charge < -0.3 is 9.13 Å². The fourth-order valence-corrected chi connectivity index (χ4v) is 13.6. The molecule has 0 spiro atoms. The minimum Gasteiger partial charge on any atom is -0.307 e. The molecule has 4 aliphatic carbocycles. The maximum atomic E-state index is 5.30. The minimum atomic E-state index is -0.247. The van der Waals surface area contributed by atoms with Crippen LogP contribution in [0, 0.1) is 5.92 Å². The number of nitrogens with zero attached hydrogens (tertiary/aromatic N) is 4. The fraction of sp³-hybridized carbons (Fsp3) is 0.0968. The average molecular weight is 841 g/mol. The predicted molar refractivity (Wildman–Crippen MR) is 277 cm³/mol. The third-order valence-electron chi connectivity index (χ3n) is 16.3. The SMILES string of the molecule is CC1Cc2c(-n3c4cccnc4c4c5ccccc5c5c(c6ccccc6c6c7ncccc7n(C7=C8C=Cc9cccc%10c9C8(C)C(C=C7)C=C%10)c65)c43)ccc3ccc4cccc1c4c23. The Kier molecular flexibility index (Phi) is 6.51. The summed E-state index contributed by atoms with van der Waals surface area (Å²) in [6.45, 7) is 4.88. The topological polar surface area (TPSA) is 35.6 Å². The van der Waals surface area contributed by atoms with E-state index in [1.165, 1.54) is 120 Å². The number of allylic oxidation sites excluding steroid dienone is 6. The highest BCUT2D eigenvalue weighted by molar-refractivity contribution is 6.44. The van der Waals surface area contributed by atoms with Crippen LogP contribution in [0.1, 0.15) is 47.6 Å². The molecule has 4 heterocycles. The summed E-state index contributed by atoms with van der Waals surface area (Å²) in [5.41, 5.74) is 17.1. The van der Waals surface area contributed by atoms with E-state index in [-0.39, 0.29) is 11.3 Å². The number of hydrogen-bond donors (Lipinski definition) is 0. The minimum absolute atomic E-state index is 0.237. The number of benzene rings is 8. The van der Waals surface area contributed by atoms with Gasteiger partial charge in [0.25, 0.3) is 0 Å². The summed E-state index contributed by atoms with van der Waals surface area (Å²) in [6.07, 6.45) is 19.3. The molecule has 0 amide bonds. The Labute approximate surface area is 379 Å². The molecule has 0 fully saturated rings. The van der Waals surface area contributed by atoms with Crippen LogP contribution in [0.3, 0.4) is 0 Å². The second kappa shape index (κ2) is 12.2. The summed E-state index contributed by atoms with van der Waals surface area (Å²) >= 11 is 0. The van der Waals surface area contributed by atoms with Gasteiger partial charge in [-0.15, -0.1) is 0 Å². The van der Waals surface area contributed by atoms with E-state index in [0.717, 1.165) is 28.5 Å². The standard InChI is InChI=1S/C62H40N4/c1-34-33-45-47(29-25-36-22-21-35-11-8-18-40(34)51(35)52(36)45)65-49-19-9-31-63-58(49)55-43-16-5-4-15-42(43)54-53(60(55)65)41-14-3-6-17-44(41)56-59-50(20-10-32-64-59)66(61(54)56)48-30-27-39-26-23-37-12-7-13-38-24-28-46(48)62(39,2)57(37)38/h3-32,34,39H,33H2,1-2H3. The normalized spacial score (nSPS) is 19.4. The lowest BCUT2D eigenvalue weighted by Gasteiger charge is -2.46. The van der Waals surface area contributed by atoms with Gasteiger partial charge in [0.15, 0.2) is 0 Å². The van der Waals surface area contributed by atoms with Crippen LogP contribution in [0.4, 0.5) is 0 Å². The van der Waals surface area contributed by atoms with Crippen molar-refractivity contribution in [2.75, 3.05) is 0 Å². The molecule has 4 aliphatic rings. The number of fused-ring (bicyclic) bond motifs is 15. The van der Waals surface area contributed by atoms with Crippen molar-refractivity contribution < 1.29 is 0 Å². The molecule has 4 aromatic heterocycles. The number of aromatic nitrogens is 4. The molecule has 0 N–H and O–H groups in total. The third kappa shape index (κ3) is 4.10. The summed E-state index contributed by atoms with van der Waals surface area (Å²) in [5.74, 6) is 0.609. The summed E-state index contributed by atoms with van der Waals surface area (Å²) in [7, 11) is 0. The van der Waals surface area contributed by atoms with E-state index in [1.807, 2.05) is 12.4 Å². The maximum Gasteiger partial charge on any atom is 0.0969 e. The Bertz CT molecular complexity index is 4420. The maximum absolute atomic E-state index is 5.30. The van der Waals surface area contributed by atoms with E-state index in [0.29, 0.717) is 5.92 Å². The van der Waals surface area contributed by atoms with E-state index in [9.17, 15) is 0 Å². The number of hydrogen-bond acceptors (Lipinski definition) is 2. The van der Waals surface area contributed by atoms with Crippen molar-refractivity contribution >= 4 is 116 Å². The van der Waals surface area contributed by atoms with Crippen molar-refractivity contribution in [3.05, 3.63) is 204 Å². The average Bonchev–Trinajstić information content (AvgIpc) is 3.89. The van der Waals surface area contributed by atoms with Gasteiger partial charge in [-0.05, 0) is 125 Å². The van der Waals surface area contributed by atoms with Crippen LogP contribution in [0.5, 0.6) is 0 Å². The van der Waals surface area contributed by atoms with E-state index in [1.54, 1.807) is 0 Å². The van der Waals surface area contributed by atoms with Crippen LogP contribution < -0.4 is 0 Å². The predicted octanol–water partition coefficient (Wildman–Crippen LogP) is 15.5. The second-order valence-corrected chi connectivity index (χ2v) is 19.4. The van der Waals surface area contributed by atoms with Crippen LogP contribution in [0.2, 0.25) is 0 Å². The Morgan fingerprint density at radius 2 is 1.11 bits per heavy atom. The summed E-state index contributed by atoms with van der Waals surface area (Å²) in [5, 5.41) is 15.1. The molecule has 4 heteroatoms. The first kappa shape index (κ1) is 35.3. The molecule has 0 aliphatic heterocycles. The van der Waals surface area contributed by atoms with Crippen LogP contribution in [-0.2, 0) is 11.8 Å². The summed E-state index contributed by atoms with van der Waals surface area (Å²) in [4.78, 5) is 10.6. The zero-order valence-electron chi connectivity index (χ0n) is 36.5. The van der Waals surface area contributed by atoms with E-state index < -0.39 is 0 Å². The van der Waals surface area contributed by atoms with E-state index in [4.69, 9.17) is 9.97 Å². The van der Waals surface area contributed by atoms with Crippen LogP contribution in [-0.4, -0.2) is 19.1 Å². The van der Waals surface area contributed by atoms with Gasteiger partial charge >= 0.3 is 0 Å². The first-order valence-corrected chi connectivity index (χ1v) is 23.4. The molecular formula is C62H40N4. The van der Waals surface area contributed by atoms with Gasteiger partial charge in [0.05, 0.1) is 44.5 Å². The highest BCUT2D eigenvalue weighted by atomic mass is 15.0.